The van der Waals surface area contributed by atoms with Gasteiger partial charge in [-0.2, -0.15) is 5.26 Å². The van der Waals surface area contributed by atoms with Crippen molar-refractivity contribution >= 4 is 5.82 Å². The Morgan fingerprint density at radius 2 is 2.39 bits per heavy atom. The van der Waals surface area contributed by atoms with Gasteiger partial charge in [-0.3, -0.25) is 9.88 Å². The average Bonchev–Trinajstić information content (AvgIpc) is 2.45. The monoisotopic (exact) mass is 245 g/mol. The quantitative estimate of drug-likeness (QED) is 0.873. The second-order valence-electron chi connectivity index (χ2n) is 4.56. The minimum atomic E-state index is 0.357. The summed E-state index contributed by atoms with van der Waals surface area (Å²) in [6.45, 7) is 5.36. The van der Waals surface area contributed by atoms with Gasteiger partial charge in [0, 0.05) is 12.6 Å². The highest BCUT2D eigenvalue weighted by Crippen LogP contribution is 2.16. The maximum atomic E-state index is 8.77. The highest BCUT2D eigenvalue weighted by Gasteiger charge is 2.20. The second-order valence-corrected chi connectivity index (χ2v) is 4.56. The first-order chi connectivity index (χ1) is 8.83. The molecule has 1 aromatic heterocycles. The zero-order chi connectivity index (χ0) is 12.8. The summed E-state index contributed by atoms with van der Waals surface area (Å²) in [5.41, 5.74) is 0.357. The van der Waals surface area contributed by atoms with Crippen molar-refractivity contribution in [3.63, 3.8) is 0 Å². The molecule has 2 rings (SSSR count). The van der Waals surface area contributed by atoms with Crippen molar-refractivity contribution in [2.45, 2.75) is 32.2 Å². The molecule has 1 aliphatic heterocycles. The standard InChI is InChI=1S/C13H19N5/c1-2-18-6-4-3-5-12(18)9-16-13-10-15-8-11(7-14)17-13/h8,10,12H,2-6,9H2,1H3,(H,16,17)/t12-/m1/s1. The maximum absolute atomic E-state index is 8.77. The van der Waals surface area contributed by atoms with Crippen molar-refractivity contribution in [1.82, 2.24) is 14.9 Å². The van der Waals surface area contributed by atoms with E-state index in [1.807, 2.05) is 6.07 Å². The number of hydrogen-bond donors (Lipinski definition) is 1. The van der Waals surface area contributed by atoms with Crippen LogP contribution in [0.25, 0.3) is 0 Å². The van der Waals surface area contributed by atoms with Gasteiger partial charge in [0.2, 0.25) is 0 Å². The Kier molecular flexibility index (Phi) is 4.48. The Morgan fingerprint density at radius 1 is 1.50 bits per heavy atom. The fraction of sp³-hybridized carbons (Fsp3) is 0.615. The van der Waals surface area contributed by atoms with E-state index in [0.29, 0.717) is 17.6 Å². The fourth-order valence-electron chi connectivity index (χ4n) is 2.43. The SMILES string of the molecule is CCN1CCCC[C@@H]1CNc1cncc(C#N)n1. The molecule has 96 valence electrons. The third kappa shape index (κ3) is 3.17. The minimum Gasteiger partial charge on any atom is -0.367 e. The van der Waals surface area contributed by atoms with E-state index in [9.17, 15) is 0 Å². The Bertz CT molecular complexity index is 426. The van der Waals surface area contributed by atoms with Gasteiger partial charge in [-0.15, -0.1) is 0 Å². The molecule has 2 heterocycles. The summed E-state index contributed by atoms with van der Waals surface area (Å²) in [5, 5.41) is 12.1. The molecule has 0 radical (unpaired) electrons. The molecule has 1 atom stereocenters. The molecule has 5 heteroatoms. The number of nitrogens with zero attached hydrogens (tertiary/aromatic N) is 4. The van der Waals surface area contributed by atoms with E-state index in [2.05, 4.69) is 27.1 Å². The Balaban J connectivity index is 1.91. The predicted octanol–water partition coefficient (Wildman–Crippen LogP) is 1.63. The molecule has 0 bridgehead atoms. The van der Waals surface area contributed by atoms with Gasteiger partial charge in [0.1, 0.15) is 11.9 Å². The molecule has 1 N–H and O–H groups in total. The highest BCUT2D eigenvalue weighted by molar-refractivity contribution is 5.34. The molecule has 0 aromatic carbocycles. The van der Waals surface area contributed by atoms with Crippen molar-refractivity contribution < 1.29 is 0 Å². The van der Waals surface area contributed by atoms with E-state index in [1.165, 1.54) is 32.0 Å². The first kappa shape index (κ1) is 12.8. The average molecular weight is 245 g/mol. The van der Waals surface area contributed by atoms with Crippen LogP contribution in [0.1, 0.15) is 31.9 Å². The van der Waals surface area contributed by atoms with Crippen LogP contribution in [0.4, 0.5) is 5.82 Å². The molecular weight excluding hydrogens is 226 g/mol. The van der Waals surface area contributed by atoms with Crippen LogP contribution in [0, 0.1) is 11.3 Å². The van der Waals surface area contributed by atoms with Gasteiger partial charge in [-0.05, 0) is 25.9 Å². The summed E-state index contributed by atoms with van der Waals surface area (Å²) < 4.78 is 0. The molecule has 1 saturated heterocycles. The van der Waals surface area contributed by atoms with Gasteiger partial charge < -0.3 is 5.32 Å². The van der Waals surface area contributed by atoms with Crippen molar-refractivity contribution in [1.29, 1.82) is 5.26 Å². The Morgan fingerprint density at radius 3 is 3.17 bits per heavy atom. The zero-order valence-corrected chi connectivity index (χ0v) is 10.8. The number of rotatable bonds is 4. The smallest absolute Gasteiger partial charge is 0.161 e. The third-order valence-corrected chi connectivity index (χ3v) is 3.42. The van der Waals surface area contributed by atoms with Crippen LogP contribution in [0.3, 0.4) is 0 Å². The summed E-state index contributed by atoms with van der Waals surface area (Å²) in [7, 11) is 0. The Labute approximate surface area is 108 Å². The number of hydrogen-bond acceptors (Lipinski definition) is 5. The molecule has 18 heavy (non-hydrogen) atoms. The predicted molar refractivity (Wildman–Crippen MR) is 70.1 cm³/mol. The molecule has 1 aliphatic rings. The van der Waals surface area contributed by atoms with Crippen molar-refractivity contribution in [3.8, 4) is 6.07 Å². The molecule has 1 fully saturated rings. The second kappa shape index (κ2) is 6.31. The van der Waals surface area contributed by atoms with Crippen molar-refractivity contribution in [2.24, 2.45) is 0 Å². The summed E-state index contributed by atoms with van der Waals surface area (Å²) >= 11 is 0. The number of likely N-dealkylation sites (tertiary alicyclic amines) is 1. The zero-order valence-electron chi connectivity index (χ0n) is 10.8. The van der Waals surface area contributed by atoms with E-state index in [0.717, 1.165) is 13.1 Å². The number of aromatic nitrogens is 2. The van der Waals surface area contributed by atoms with E-state index < -0.39 is 0 Å². The van der Waals surface area contributed by atoms with Crippen LogP contribution in [-0.4, -0.2) is 40.5 Å². The summed E-state index contributed by atoms with van der Waals surface area (Å²) in [6.07, 6.45) is 6.97. The normalized spacial score (nSPS) is 20.3. The van der Waals surface area contributed by atoms with Gasteiger partial charge in [-0.1, -0.05) is 13.3 Å². The van der Waals surface area contributed by atoms with Crippen LogP contribution in [-0.2, 0) is 0 Å². The van der Waals surface area contributed by atoms with Gasteiger partial charge in [0.15, 0.2) is 5.69 Å². The highest BCUT2D eigenvalue weighted by atomic mass is 15.2. The van der Waals surface area contributed by atoms with Gasteiger partial charge in [-0.25, -0.2) is 4.98 Å². The van der Waals surface area contributed by atoms with Gasteiger partial charge in [0.25, 0.3) is 0 Å². The van der Waals surface area contributed by atoms with Crippen molar-refractivity contribution in [3.05, 3.63) is 18.1 Å². The van der Waals surface area contributed by atoms with Crippen LogP contribution in [0.5, 0.6) is 0 Å². The van der Waals surface area contributed by atoms with Crippen molar-refractivity contribution in [2.75, 3.05) is 25.0 Å². The fourth-order valence-corrected chi connectivity index (χ4v) is 2.43. The molecule has 0 amide bonds. The van der Waals surface area contributed by atoms with E-state index in [4.69, 9.17) is 5.26 Å². The summed E-state index contributed by atoms with van der Waals surface area (Å²) in [4.78, 5) is 10.7. The number of nitrogens with one attached hydrogen (secondary N) is 1. The van der Waals surface area contributed by atoms with Gasteiger partial charge in [0.05, 0.1) is 12.4 Å². The van der Waals surface area contributed by atoms with Crippen LogP contribution in [0.15, 0.2) is 12.4 Å². The molecule has 0 unspecified atom stereocenters. The maximum Gasteiger partial charge on any atom is 0.161 e. The molecule has 5 nitrogen and oxygen atoms in total. The lowest BCUT2D eigenvalue weighted by molar-refractivity contribution is 0.164. The molecule has 1 aromatic rings. The molecule has 0 spiro atoms. The minimum absolute atomic E-state index is 0.357. The van der Waals surface area contributed by atoms with Gasteiger partial charge >= 0.3 is 0 Å². The summed E-state index contributed by atoms with van der Waals surface area (Å²) in [5.74, 6) is 0.690. The lowest BCUT2D eigenvalue weighted by atomic mass is 10.0. The number of anilines is 1. The number of piperidine rings is 1. The number of likely N-dealkylation sites (N-methyl/N-ethyl adjacent to an activating group) is 1. The molecular formula is C13H19N5. The summed E-state index contributed by atoms with van der Waals surface area (Å²) in [6, 6.07) is 2.57. The first-order valence-electron chi connectivity index (χ1n) is 6.53. The largest absolute Gasteiger partial charge is 0.367 e. The Hall–Kier alpha value is -1.67. The van der Waals surface area contributed by atoms with E-state index in [-0.39, 0.29) is 0 Å². The van der Waals surface area contributed by atoms with Crippen LogP contribution < -0.4 is 5.32 Å². The van der Waals surface area contributed by atoms with Crippen LogP contribution >= 0.6 is 0 Å². The topological polar surface area (TPSA) is 64.8 Å². The lowest BCUT2D eigenvalue weighted by Gasteiger charge is -2.34. The lowest BCUT2D eigenvalue weighted by Crippen LogP contribution is -2.43. The molecule has 0 saturated carbocycles. The van der Waals surface area contributed by atoms with Crippen LogP contribution in [0.2, 0.25) is 0 Å². The van der Waals surface area contributed by atoms with E-state index in [1.54, 1.807) is 6.20 Å². The molecule has 0 aliphatic carbocycles. The third-order valence-electron chi connectivity index (χ3n) is 3.42. The van der Waals surface area contributed by atoms with E-state index >= 15 is 0 Å². The number of nitriles is 1. The first-order valence-corrected chi connectivity index (χ1v) is 6.53.